The number of cyclic esters (lactones) is 1. The summed E-state index contributed by atoms with van der Waals surface area (Å²) in [6.07, 6.45) is 11.5. The van der Waals surface area contributed by atoms with E-state index in [2.05, 4.69) is 12.1 Å². The van der Waals surface area contributed by atoms with Crippen LogP contribution in [0, 0.1) is 17.8 Å². The third kappa shape index (κ3) is 3.49. The molecule has 2 nitrogen and oxygen atoms in total. The minimum atomic E-state index is 0.00245. The van der Waals surface area contributed by atoms with Crippen LogP contribution in [0.15, 0.2) is 24.3 Å². The van der Waals surface area contributed by atoms with E-state index in [1.54, 1.807) is 0 Å². The molecule has 3 fully saturated rings. The monoisotopic (exact) mass is 346 g/mol. The molecule has 2 aliphatic carbocycles. The second-order valence-electron chi connectivity index (χ2n) is 8.07. The van der Waals surface area contributed by atoms with E-state index in [4.69, 9.17) is 16.3 Å². The van der Waals surface area contributed by atoms with Gasteiger partial charge in [-0.25, -0.2) is 0 Å². The number of ether oxygens (including phenoxy) is 1. The lowest BCUT2D eigenvalue weighted by molar-refractivity contribution is -0.176. The van der Waals surface area contributed by atoms with Gasteiger partial charge in [-0.2, -0.15) is 0 Å². The molecule has 0 spiro atoms. The van der Waals surface area contributed by atoms with Gasteiger partial charge < -0.3 is 4.74 Å². The van der Waals surface area contributed by atoms with Gasteiger partial charge in [0.15, 0.2) is 0 Å². The molecule has 1 unspecified atom stereocenters. The summed E-state index contributed by atoms with van der Waals surface area (Å²) in [7, 11) is 0. The molecule has 1 aromatic carbocycles. The van der Waals surface area contributed by atoms with Crippen molar-refractivity contribution in [3.8, 4) is 0 Å². The van der Waals surface area contributed by atoms with E-state index in [1.807, 2.05) is 12.1 Å². The molecule has 1 aliphatic heterocycles. The van der Waals surface area contributed by atoms with Crippen molar-refractivity contribution in [3.63, 3.8) is 0 Å². The van der Waals surface area contributed by atoms with Crippen molar-refractivity contribution in [1.29, 1.82) is 0 Å². The van der Waals surface area contributed by atoms with Crippen molar-refractivity contribution in [2.24, 2.45) is 17.8 Å². The van der Waals surface area contributed by atoms with E-state index in [1.165, 1.54) is 56.9 Å². The summed E-state index contributed by atoms with van der Waals surface area (Å²) in [6, 6.07) is 8.46. The summed E-state index contributed by atoms with van der Waals surface area (Å²) in [4.78, 5) is 11.0. The number of benzene rings is 1. The van der Waals surface area contributed by atoms with E-state index in [0.717, 1.165) is 22.8 Å². The van der Waals surface area contributed by atoms with Gasteiger partial charge in [-0.1, -0.05) is 23.7 Å². The van der Waals surface area contributed by atoms with Crippen LogP contribution < -0.4 is 0 Å². The predicted octanol–water partition coefficient (Wildman–Crippen LogP) is 5.74. The van der Waals surface area contributed by atoms with Crippen LogP contribution >= 0.6 is 11.6 Å². The fourth-order valence-electron chi connectivity index (χ4n) is 5.23. The maximum absolute atomic E-state index is 11.0. The van der Waals surface area contributed by atoms with Crippen LogP contribution in [0.25, 0.3) is 0 Å². The predicted molar refractivity (Wildman–Crippen MR) is 96.1 cm³/mol. The Morgan fingerprint density at radius 3 is 1.83 bits per heavy atom. The van der Waals surface area contributed by atoms with Crippen LogP contribution in [0.3, 0.4) is 0 Å². The Morgan fingerprint density at radius 1 is 0.792 bits per heavy atom. The lowest BCUT2D eigenvalue weighted by Gasteiger charge is -2.41. The fraction of sp³-hybridized carbons (Fsp3) is 0.667. The highest BCUT2D eigenvalue weighted by Gasteiger charge is 2.39. The van der Waals surface area contributed by atoms with Gasteiger partial charge in [0.1, 0.15) is 6.10 Å². The molecule has 4 rings (SSSR count). The molecule has 0 radical (unpaired) electrons. The van der Waals surface area contributed by atoms with Gasteiger partial charge in [-0.3, -0.25) is 4.79 Å². The number of carbonyl (C=O) groups excluding carboxylic acids is 1. The molecule has 0 N–H and O–H groups in total. The molecule has 1 heterocycles. The third-order valence-electron chi connectivity index (χ3n) is 6.77. The van der Waals surface area contributed by atoms with Gasteiger partial charge in [0.2, 0.25) is 0 Å². The van der Waals surface area contributed by atoms with Crippen LogP contribution in [0.5, 0.6) is 0 Å². The number of carbonyl (C=O) groups is 1. The van der Waals surface area contributed by atoms with Crippen LogP contribution in [-0.2, 0) is 9.53 Å². The molecule has 0 bridgehead atoms. The average Bonchev–Trinajstić information content (AvgIpc) is 2.60. The highest BCUT2D eigenvalue weighted by atomic mass is 35.5. The maximum atomic E-state index is 11.0. The summed E-state index contributed by atoms with van der Waals surface area (Å²) < 4.78 is 5.28. The normalized spacial score (nSPS) is 36.7. The van der Waals surface area contributed by atoms with Gasteiger partial charge in [-0.05, 0) is 92.7 Å². The quantitative estimate of drug-likeness (QED) is 0.653. The van der Waals surface area contributed by atoms with Gasteiger partial charge in [0, 0.05) is 5.02 Å². The molecule has 130 valence electrons. The SMILES string of the molecule is O=C1CC(C2CCC(C3CCC(c4ccc(Cl)cc4)CC3)CC2)O1. The third-order valence-corrected chi connectivity index (χ3v) is 7.02. The smallest absolute Gasteiger partial charge is 0.309 e. The number of rotatable bonds is 3. The zero-order valence-corrected chi connectivity index (χ0v) is 15.0. The number of esters is 1. The Bertz CT molecular complexity index is 558. The van der Waals surface area contributed by atoms with Crippen LogP contribution in [0.1, 0.15) is 69.3 Å². The fourth-order valence-corrected chi connectivity index (χ4v) is 5.36. The molecule has 3 heteroatoms. The maximum Gasteiger partial charge on any atom is 0.309 e. The zero-order valence-electron chi connectivity index (χ0n) is 14.3. The topological polar surface area (TPSA) is 26.3 Å². The molecule has 1 aromatic rings. The van der Waals surface area contributed by atoms with E-state index in [0.29, 0.717) is 12.3 Å². The highest BCUT2D eigenvalue weighted by molar-refractivity contribution is 6.30. The van der Waals surface area contributed by atoms with E-state index < -0.39 is 0 Å². The first-order valence-corrected chi connectivity index (χ1v) is 10.0. The van der Waals surface area contributed by atoms with Crippen molar-refractivity contribution < 1.29 is 9.53 Å². The van der Waals surface area contributed by atoms with Gasteiger partial charge in [-0.15, -0.1) is 0 Å². The average molecular weight is 347 g/mol. The van der Waals surface area contributed by atoms with Crippen LogP contribution in [0.2, 0.25) is 5.02 Å². The van der Waals surface area contributed by atoms with Crippen LogP contribution in [-0.4, -0.2) is 12.1 Å². The highest BCUT2D eigenvalue weighted by Crippen LogP contribution is 2.45. The van der Waals surface area contributed by atoms with Crippen molar-refractivity contribution >= 4 is 17.6 Å². The number of hydrogen-bond acceptors (Lipinski definition) is 2. The number of hydrogen-bond donors (Lipinski definition) is 0. The van der Waals surface area contributed by atoms with Gasteiger partial charge in [0.05, 0.1) is 6.42 Å². The van der Waals surface area contributed by atoms with Gasteiger partial charge in [0.25, 0.3) is 0 Å². The first-order valence-electron chi connectivity index (χ1n) is 9.64. The first-order chi connectivity index (χ1) is 11.7. The Morgan fingerprint density at radius 2 is 1.29 bits per heavy atom. The molecule has 3 aliphatic rings. The summed E-state index contributed by atoms with van der Waals surface area (Å²) >= 11 is 6.00. The lowest BCUT2D eigenvalue weighted by atomic mass is 9.67. The van der Waals surface area contributed by atoms with Crippen molar-refractivity contribution in [2.45, 2.75) is 69.8 Å². The number of halogens is 1. The summed E-state index contributed by atoms with van der Waals surface area (Å²) in [5, 5.41) is 0.835. The molecule has 1 saturated heterocycles. The summed E-state index contributed by atoms with van der Waals surface area (Å²) in [5.41, 5.74) is 1.47. The lowest BCUT2D eigenvalue weighted by Crippen LogP contribution is -2.41. The Balaban J connectivity index is 1.24. The van der Waals surface area contributed by atoms with Crippen molar-refractivity contribution in [3.05, 3.63) is 34.9 Å². The van der Waals surface area contributed by atoms with E-state index >= 15 is 0 Å². The Labute approximate surface area is 149 Å². The van der Waals surface area contributed by atoms with Crippen molar-refractivity contribution in [1.82, 2.24) is 0 Å². The summed E-state index contributed by atoms with van der Waals surface area (Å²) in [5.74, 6) is 3.19. The van der Waals surface area contributed by atoms with E-state index in [-0.39, 0.29) is 12.1 Å². The molecule has 24 heavy (non-hydrogen) atoms. The minimum Gasteiger partial charge on any atom is -0.461 e. The Hall–Kier alpha value is -1.02. The molecule has 2 saturated carbocycles. The molecule has 0 amide bonds. The minimum absolute atomic E-state index is 0.00245. The van der Waals surface area contributed by atoms with Crippen LogP contribution in [0.4, 0.5) is 0 Å². The molecular weight excluding hydrogens is 320 g/mol. The Kier molecular flexibility index (Phi) is 4.85. The zero-order chi connectivity index (χ0) is 16.5. The summed E-state index contributed by atoms with van der Waals surface area (Å²) in [6.45, 7) is 0. The van der Waals surface area contributed by atoms with Crippen molar-refractivity contribution in [2.75, 3.05) is 0 Å². The largest absolute Gasteiger partial charge is 0.461 e. The van der Waals surface area contributed by atoms with Gasteiger partial charge >= 0.3 is 5.97 Å². The second-order valence-corrected chi connectivity index (χ2v) is 8.51. The van der Waals surface area contributed by atoms with E-state index in [9.17, 15) is 4.79 Å². The standard InChI is InChI=1S/C21H27ClO2/c22-19-11-9-17(10-12-19)15-3-1-14(2-4-15)16-5-7-18(8-6-16)20-13-21(23)24-20/h9-12,14-16,18,20H,1-8,13H2. The first kappa shape index (κ1) is 16.4. The molecular formula is C21H27ClO2. The molecule has 1 atom stereocenters. The molecule has 0 aromatic heterocycles. The second kappa shape index (κ2) is 7.07.